The van der Waals surface area contributed by atoms with Gasteiger partial charge >= 0.3 is 0 Å². The first-order valence-electron chi connectivity index (χ1n) is 10.2. The number of morpholine rings is 1. The molecular formula is C23H24F2N4O2. The molecule has 0 unspecified atom stereocenters. The van der Waals surface area contributed by atoms with Crippen molar-refractivity contribution in [3.63, 3.8) is 0 Å². The van der Waals surface area contributed by atoms with Crippen LogP contribution < -0.4 is 10.2 Å². The van der Waals surface area contributed by atoms with E-state index in [-0.39, 0.29) is 24.0 Å². The van der Waals surface area contributed by atoms with Gasteiger partial charge in [0.25, 0.3) is 0 Å². The number of rotatable bonds is 5. The normalized spacial score (nSPS) is 14.0. The fourth-order valence-electron chi connectivity index (χ4n) is 3.78. The molecule has 1 N–H and O–H groups in total. The Morgan fingerprint density at radius 2 is 1.81 bits per heavy atom. The van der Waals surface area contributed by atoms with E-state index in [0.29, 0.717) is 43.4 Å². The van der Waals surface area contributed by atoms with Gasteiger partial charge in [-0.25, -0.2) is 13.5 Å². The Hall–Kier alpha value is -3.26. The summed E-state index contributed by atoms with van der Waals surface area (Å²) in [6.07, 6.45) is 0.103. The number of nitrogens with one attached hydrogen (secondary N) is 1. The Morgan fingerprint density at radius 1 is 1.10 bits per heavy atom. The van der Waals surface area contributed by atoms with Crippen LogP contribution in [0.3, 0.4) is 0 Å². The summed E-state index contributed by atoms with van der Waals surface area (Å²) in [5, 5.41) is 7.25. The number of carbonyl (C=O) groups is 1. The van der Waals surface area contributed by atoms with Crippen molar-refractivity contribution in [2.45, 2.75) is 20.3 Å². The van der Waals surface area contributed by atoms with Crippen molar-refractivity contribution >= 4 is 17.3 Å². The van der Waals surface area contributed by atoms with Crippen LogP contribution in [-0.4, -0.2) is 42.0 Å². The van der Waals surface area contributed by atoms with Gasteiger partial charge in [0.05, 0.1) is 36.7 Å². The second-order valence-electron chi connectivity index (χ2n) is 7.53. The third-order valence-electron chi connectivity index (χ3n) is 5.43. The van der Waals surface area contributed by atoms with Gasteiger partial charge in [0, 0.05) is 30.0 Å². The van der Waals surface area contributed by atoms with Crippen LogP contribution >= 0.6 is 0 Å². The summed E-state index contributed by atoms with van der Waals surface area (Å²) in [5.74, 6) is -0.962. The van der Waals surface area contributed by atoms with Crippen LogP contribution in [-0.2, 0) is 16.0 Å². The lowest BCUT2D eigenvalue weighted by Crippen LogP contribution is -2.36. The van der Waals surface area contributed by atoms with Gasteiger partial charge in [-0.15, -0.1) is 0 Å². The molecule has 2 aromatic carbocycles. The van der Waals surface area contributed by atoms with Gasteiger partial charge < -0.3 is 15.0 Å². The van der Waals surface area contributed by atoms with Gasteiger partial charge in [-0.3, -0.25) is 4.79 Å². The number of ether oxygens (including phenoxy) is 1. The molecule has 0 bridgehead atoms. The Balaban J connectivity index is 1.46. The average Bonchev–Trinajstić information content (AvgIpc) is 3.03. The zero-order valence-electron chi connectivity index (χ0n) is 17.5. The van der Waals surface area contributed by atoms with E-state index in [2.05, 4.69) is 10.4 Å². The number of anilines is 2. The van der Waals surface area contributed by atoms with Crippen LogP contribution in [0.2, 0.25) is 0 Å². The molecule has 1 aliphatic rings. The monoisotopic (exact) mass is 426 g/mol. The number of amides is 1. The molecule has 162 valence electrons. The van der Waals surface area contributed by atoms with Gasteiger partial charge in [-0.1, -0.05) is 0 Å². The average molecular weight is 426 g/mol. The molecule has 6 nitrogen and oxygen atoms in total. The fraction of sp³-hybridized carbons (Fsp3) is 0.304. The molecule has 31 heavy (non-hydrogen) atoms. The van der Waals surface area contributed by atoms with Crippen LogP contribution in [0.15, 0.2) is 42.5 Å². The first kappa shape index (κ1) is 21.0. The highest BCUT2D eigenvalue weighted by molar-refractivity contribution is 5.92. The predicted octanol–water partition coefficient (Wildman–Crippen LogP) is 3.79. The minimum atomic E-state index is -0.379. The Bertz CT molecular complexity index is 1090. The highest BCUT2D eigenvalue weighted by Gasteiger charge is 2.18. The van der Waals surface area contributed by atoms with Gasteiger partial charge in [-0.05, 0) is 56.3 Å². The minimum Gasteiger partial charge on any atom is -0.378 e. The van der Waals surface area contributed by atoms with Crippen LogP contribution in [0.1, 0.15) is 17.0 Å². The van der Waals surface area contributed by atoms with Gasteiger partial charge in [0.1, 0.15) is 11.6 Å². The van der Waals surface area contributed by atoms with Crippen molar-refractivity contribution in [2.24, 2.45) is 0 Å². The maximum Gasteiger partial charge on any atom is 0.228 e. The second-order valence-corrected chi connectivity index (χ2v) is 7.53. The van der Waals surface area contributed by atoms with Crippen LogP contribution in [0.25, 0.3) is 5.69 Å². The lowest BCUT2D eigenvalue weighted by atomic mass is 10.1. The van der Waals surface area contributed by atoms with E-state index in [0.717, 1.165) is 16.9 Å². The molecule has 1 saturated heterocycles. The topological polar surface area (TPSA) is 59.4 Å². The van der Waals surface area contributed by atoms with Crippen LogP contribution in [0, 0.1) is 25.5 Å². The van der Waals surface area contributed by atoms with Crippen molar-refractivity contribution < 1.29 is 18.3 Å². The van der Waals surface area contributed by atoms with E-state index >= 15 is 0 Å². The molecule has 1 aliphatic heterocycles. The van der Waals surface area contributed by atoms with Gasteiger partial charge in [-0.2, -0.15) is 5.10 Å². The third-order valence-corrected chi connectivity index (χ3v) is 5.43. The summed E-state index contributed by atoms with van der Waals surface area (Å²) < 4.78 is 34.8. The van der Waals surface area contributed by atoms with E-state index < -0.39 is 0 Å². The van der Waals surface area contributed by atoms with Crippen LogP contribution in [0.5, 0.6) is 0 Å². The number of hydrogen-bond donors (Lipinski definition) is 1. The molecule has 0 atom stereocenters. The van der Waals surface area contributed by atoms with Gasteiger partial charge in [0.15, 0.2) is 0 Å². The van der Waals surface area contributed by atoms with E-state index in [4.69, 9.17) is 4.74 Å². The highest BCUT2D eigenvalue weighted by Crippen LogP contribution is 2.24. The summed E-state index contributed by atoms with van der Waals surface area (Å²) in [7, 11) is 0. The van der Waals surface area contributed by atoms with E-state index in [9.17, 15) is 13.6 Å². The maximum absolute atomic E-state index is 14.6. The molecule has 8 heteroatoms. The van der Waals surface area contributed by atoms with Crippen molar-refractivity contribution in [1.29, 1.82) is 0 Å². The Labute approximate surface area is 179 Å². The standard InChI is InChI=1S/C23H24F2N4O2/c1-15-20(16(2)29(27-15)19-6-3-17(24)4-7-19)14-23(30)26-18-5-8-22(21(25)13-18)28-9-11-31-12-10-28/h3-8,13H,9-12,14H2,1-2H3,(H,26,30). The summed E-state index contributed by atoms with van der Waals surface area (Å²) in [6, 6.07) is 10.7. The lowest BCUT2D eigenvalue weighted by molar-refractivity contribution is -0.115. The van der Waals surface area contributed by atoms with E-state index in [1.807, 2.05) is 18.7 Å². The van der Waals surface area contributed by atoms with E-state index in [1.54, 1.807) is 28.9 Å². The number of aromatic nitrogens is 2. The molecule has 0 aliphatic carbocycles. The van der Waals surface area contributed by atoms with Crippen molar-refractivity contribution in [3.05, 3.63) is 71.1 Å². The summed E-state index contributed by atoms with van der Waals surface area (Å²) in [5.41, 5.74) is 3.93. The number of nitrogens with zero attached hydrogens (tertiary/aromatic N) is 3. The molecule has 2 heterocycles. The Kier molecular flexibility index (Phi) is 5.99. The molecule has 1 fully saturated rings. The SMILES string of the molecule is Cc1nn(-c2ccc(F)cc2)c(C)c1CC(=O)Nc1ccc(N2CCOCC2)c(F)c1. The number of hydrogen-bond acceptors (Lipinski definition) is 4. The zero-order chi connectivity index (χ0) is 22.0. The lowest BCUT2D eigenvalue weighted by Gasteiger charge is -2.29. The van der Waals surface area contributed by atoms with Crippen molar-refractivity contribution in [1.82, 2.24) is 9.78 Å². The van der Waals surface area contributed by atoms with Crippen molar-refractivity contribution in [2.75, 3.05) is 36.5 Å². The number of aryl methyl sites for hydroxylation is 1. The molecule has 0 saturated carbocycles. The predicted molar refractivity (Wildman–Crippen MR) is 115 cm³/mol. The fourth-order valence-corrected chi connectivity index (χ4v) is 3.78. The van der Waals surface area contributed by atoms with Crippen molar-refractivity contribution in [3.8, 4) is 5.69 Å². The van der Waals surface area contributed by atoms with E-state index in [1.165, 1.54) is 18.2 Å². The summed E-state index contributed by atoms with van der Waals surface area (Å²) in [6.45, 7) is 6.11. The Morgan fingerprint density at radius 3 is 2.48 bits per heavy atom. The first-order valence-corrected chi connectivity index (χ1v) is 10.2. The quantitative estimate of drug-likeness (QED) is 0.675. The number of halogens is 2. The maximum atomic E-state index is 14.6. The summed E-state index contributed by atoms with van der Waals surface area (Å²) in [4.78, 5) is 14.6. The molecule has 0 spiro atoms. The molecule has 3 aromatic rings. The zero-order valence-corrected chi connectivity index (χ0v) is 17.5. The smallest absolute Gasteiger partial charge is 0.228 e. The third kappa shape index (κ3) is 4.59. The number of carbonyl (C=O) groups excluding carboxylic acids is 1. The molecule has 1 aromatic heterocycles. The largest absolute Gasteiger partial charge is 0.378 e. The minimum absolute atomic E-state index is 0.103. The summed E-state index contributed by atoms with van der Waals surface area (Å²) >= 11 is 0. The molecule has 1 amide bonds. The molecular weight excluding hydrogens is 402 g/mol. The van der Waals surface area contributed by atoms with Gasteiger partial charge in [0.2, 0.25) is 5.91 Å². The second kappa shape index (κ2) is 8.85. The highest BCUT2D eigenvalue weighted by atomic mass is 19.1. The first-order chi connectivity index (χ1) is 14.9. The molecule has 4 rings (SSSR count). The number of benzene rings is 2. The molecule has 0 radical (unpaired) electrons. The van der Waals surface area contributed by atoms with Crippen LogP contribution in [0.4, 0.5) is 20.2 Å².